The van der Waals surface area contributed by atoms with Crippen molar-refractivity contribution in [2.45, 2.75) is 96.2 Å². The first kappa shape index (κ1) is 28.2. The highest BCUT2D eigenvalue weighted by atomic mass is 16.5. The molecule has 5 fully saturated rings. The molecule has 6 nitrogen and oxygen atoms in total. The second kappa shape index (κ2) is 11.8. The van der Waals surface area contributed by atoms with E-state index >= 15 is 0 Å². The second-order valence-electron chi connectivity index (χ2n) is 14.1. The van der Waals surface area contributed by atoms with Gasteiger partial charge >= 0.3 is 0 Å². The lowest BCUT2D eigenvalue weighted by atomic mass is 9.44. The van der Waals surface area contributed by atoms with Gasteiger partial charge in [0.2, 0.25) is 0 Å². The topological polar surface area (TPSA) is 70.1 Å². The van der Waals surface area contributed by atoms with Crippen molar-refractivity contribution < 1.29 is 18.6 Å². The molecule has 2 N–H and O–H groups in total. The molecule has 4 aliphatic carbocycles. The van der Waals surface area contributed by atoms with Crippen LogP contribution in [-0.2, 0) is 19.8 Å². The molecule has 0 radical (unpaired) electrons. The van der Waals surface area contributed by atoms with Crippen LogP contribution >= 0.6 is 0 Å². The lowest BCUT2D eigenvalue weighted by Crippen LogP contribution is -2.56. The van der Waals surface area contributed by atoms with E-state index in [1.165, 1.54) is 82.9 Å². The minimum Gasteiger partial charge on any atom is -0.472 e. The summed E-state index contributed by atoms with van der Waals surface area (Å²) in [4.78, 5) is 2.52. The molecule has 1 saturated heterocycles. The zero-order chi connectivity index (χ0) is 26.9. The largest absolute Gasteiger partial charge is 0.472 e. The molecule has 6 rings (SSSR count). The molecular weight excluding hydrogens is 488 g/mol. The van der Waals surface area contributed by atoms with Gasteiger partial charge in [-0.3, -0.25) is 0 Å². The maximum absolute atomic E-state index is 6.76. The van der Waals surface area contributed by atoms with Crippen molar-refractivity contribution in [1.82, 2.24) is 4.90 Å². The summed E-state index contributed by atoms with van der Waals surface area (Å²) < 4.78 is 24.7. The van der Waals surface area contributed by atoms with Crippen molar-refractivity contribution in [2.24, 2.45) is 40.2 Å². The van der Waals surface area contributed by atoms with Crippen LogP contribution in [0.5, 0.6) is 0 Å². The first-order chi connectivity index (χ1) is 19.0. The van der Waals surface area contributed by atoms with Crippen LogP contribution in [0.1, 0.15) is 90.0 Å². The molecule has 4 saturated carbocycles. The Labute approximate surface area is 236 Å². The van der Waals surface area contributed by atoms with Crippen LogP contribution in [0.25, 0.3) is 0 Å². The van der Waals surface area contributed by atoms with Gasteiger partial charge in [-0.2, -0.15) is 0 Å². The van der Waals surface area contributed by atoms with Crippen LogP contribution in [0.15, 0.2) is 23.0 Å². The normalized spacial score (nSPS) is 42.3. The number of furan rings is 1. The molecule has 39 heavy (non-hydrogen) atoms. The van der Waals surface area contributed by atoms with E-state index < -0.39 is 0 Å². The first-order valence-electron chi connectivity index (χ1n) is 16.3. The zero-order valence-electron chi connectivity index (χ0n) is 24.7. The second-order valence-corrected chi connectivity index (χ2v) is 14.1. The van der Waals surface area contributed by atoms with Gasteiger partial charge in [0, 0.05) is 24.1 Å². The van der Waals surface area contributed by atoms with Gasteiger partial charge < -0.3 is 29.3 Å². The molecule has 1 aromatic rings. The summed E-state index contributed by atoms with van der Waals surface area (Å²) >= 11 is 0. The smallest absolute Gasteiger partial charge is 0.102 e. The van der Waals surface area contributed by atoms with E-state index in [1.807, 2.05) is 12.5 Å². The molecule has 0 amide bonds. The fourth-order valence-corrected chi connectivity index (χ4v) is 10.5. The molecule has 0 aromatic carbocycles. The van der Waals surface area contributed by atoms with Gasteiger partial charge in [0.15, 0.2) is 0 Å². The molecule has 6 heteroatoms. The number of ether oxygens (including phenoxy) is 3. The summed E-state index contributed by atoms with van der Waals surface area (Å²) in [6, 6.07) is 2.15. The summed E-state index contributed by atoms with van der Waals surface area (Å²) in [6.45, 7) is 12.3. The van der Waals surface area contributed by atoms with E-state index in [1.54, 1.807) is 0 Å². The summed E-state index contributed by atoms with van der Waals surface area (Å²) in [7, 11) is 0. The molecule has 0 bridgehead atoms. The lowest BCUT2D eigenvalue weighted by Gasteiger charge is -2.62. The van der Waals surface area contributed by atoms with Crippen molar-refractivity contribution in [3.05, 3.63) is 24.2 Å². The molecule has 1 aromatic heterocycles. The van der Waals surface area contributed by atoms with Crippen LogP contribution in [0, 0.1) is 34.5 Å². The van der Waals surface area contributed by atoms with Crippen molar-refractivity contribution in [1.29, 1.82) is 0 Å². The number of rotatable bonds is 11. The average Bonchev–Trinajstić information content (AvgIpc) is 3.71. The van der Waals surface area contributed by atoms with Gasteiger partial charge in [-0.05, 0) is 119 Å². The van der Waals surface area contributed by atoms with Crippen molar-refractivity contribution in [3.63, 3.8) is 0 Å². The summed E-state index contributed by atoms with van der Waals surface area (Å²) in [5.41, 5.74) is 7.52. The third-order valence-corrected chi connectivity index (χ3v) is 12.5. The summed E-state index contributed by atoms with van der Waals surface area (Å²) in [5, 5.41) is 0. The summed E-state index contributed by atoms with van der Waals surface area (Å²) in [6.07, 6.45) is 18.3. The lowest BCUT2D eigenvalue weighted by molar-refractivity contribution is -0.183. The van der Waals surface area contributed by atoms with E-state index in [4.69, 9.17) is 24.4 Å². The molecule has 5 aliphatic rings. The molecule has 220 valence electrons. The van der Waals surface area contributed by atoms with Gasteiger partial charge in [0.05, 0.1) is 45.1 Å². The van der Waals surface area contributed by atoms with Gasteiger partial charge in [-0.15, -0.1) is 0 Å². The molecule has 1 aliphatic heterocycles. The Morgan fingerprint density at radius 3 is 2.59 bits per heavy atom. The SMILES string of the molecule is C[C@]12CC[C@H](OCCOCCN3CCCC3)CC1CC[C@@H]1[C@@H]2CC[C@@]2(C)[C@H]1CC[C@@]2(OCCN)c1ccoc1. The Morgan fingerprint density at radius 2 is 1.79 bits per heavy atom. The van der Waals surface area contributed by atoms with E-state index in [0.29, 0.717) is 30.6 Å². The number of fused-ring (bicyclic) bond motifs is 5. The highest BCUT2D eigenvalue weighted by Crippen LogP contribution is 2.71. The van der Waals surface area contributed by atoms with Crippen LogP contribution in [0.3, 0.4) is 0 Å². The van der Waals surface area contributed by atoms with Crippen molar-refractivity contribution >= 4 is 0 Å². The standard InChI is InChI=1S/C33H54N2O4/c1-31-11-7-27(38-22-21-36-20-17-35-15-3-4-16-35)23-25(31)5-6-28-29(31)8-12-32(2)30(28)9-13-33(32,39-19-14-34)26-10-18-37-24-26/h10,18,24-25,27-30H,3-9,11-17,19-23,34H2,1-2H3/t25?,27-,28+,29-,30-,31-,32-,33+/m0/s1. The highest BCUT2D eigenvalue weighted by Gasteiger charge is 2.66. The molecule has 1 unspecified atom stereocenters. The summed E-state index contributed by atoms with van der Waals surface area (Å²) in [5.74, 6) is 3.15. The molecule has 8 atom stereocenters. The average molecular weight is 543 g/mol. The van der Waals surface area contributed by atoms with Crippen molar-refractivity contribution in [2.75, 3.05) is 52.6 Å². The Balaban J connectivity index is 1.05. The van der Waals surface area contributed by atoms with Gasteiger partial charge in [-0.1, -0.05) is 13.8 Å². The Bertz CT molecular complexity index is 919. The van der Waals surface area contributed by atoms with Gasteiger partial charge in [0.25, 0.3) is 0 Å². The van der Waals surface area contributed by atoms with E-state index in [2.05, 4.69) is 24.8 Å². The van der Waals surface area contributed by atoms with Gasteiger partial charge in [-0.25, -0.2) is 0 Å². The Hall–Kier alpha value is -0.920. The first-order valence-corrected chi connectivity index (χ1v) is 16.3. The number of likely N-dealkylation sites (tertiary alicyclic amines) is 1. The van der Waals surface area contributed by atoms with E-state index in [9.17, 15) is 0 Å². The third kappa shape index (κ3) is 5.05. The molecule has 2 heterocycles. The Morgan fingerprint density at radius 1 is 0.949 bits per heavy atom. The van der Waals surface area contributed by atoms with Crippen LogP contribution < -0.4 is 5.73 Å². The molecule has 0 spiro atoms. The number of nitrogens with zero attached hydrogens (tertiary/aromatic N) is 1. The minimum atomic E-state index is -0.255. The maximum Gasteiger partial charge on any atom is 0.102 e. The number of nitrogens with two attached hydrogens (primary N) is 1. The zero-order valence-corrected chi connectivity index (χ0v) is 24.7. The number of hydrogen-bond acceptors (Lipinski definition) is 6. The fraction of sp³-hybridized carbons (Fsp3) is 0.879. The predicted molar refractivity (Wildman–Crippen MR) is 153 cm³/mol. The van der Waals surface area contributed by atoms with Gasteiger partial charge in [0.1, 0.15) is 5.60 Å². The third-order valence-electron chi connectivity index (χ3n) is 12.5. The predicted octanol–water partition coefficient (Wildman–Crippen LogP) is 5.99. The quantitative estimate of drug-likeness (QED) is 0.346. The highest BCUT2D eigenvalue weighted by molar-refractivity contribution is 5.27. The van der Waals surface area contributed by atoms with E-state index in [-0.39, 0.29) is 11.0 Å². The van der Waals surface area contributed by atoms with Crippen LogP contribution in [0.4, 0.5) is 0 Å². The molecular formula is C33H54N2O4. The monoisotopic (exact) mass is 542 g/mol. The van der Waals surface area contributed by atoms with Crippen LogP contribution in [0.2, 0.25) is 0 Å². The minimum absolute atomic E-state index is 0.144. The maximum atomic E-state index is 6.76. The van der Waals surface area contributed by atoms with Crippen molar-refractivity contribution in [3.8, 4) is 0 Å². The van der Waals surface area contributed by atoms with E-state index in [0.717, 1.165) is 50.5 Å². The fourth-order valence-electron chi connectivity index (χ4n) is 10.5. The number of hydrogen-bond donors (Lipinski definition) is 1. The Kier molecular flexibility index (Phi) is 8.50. The van der Waals surface area contributed by atoms with Crippen LogP contribution in [-0.4, -0.2) is 63.6 Å².